The summed E-state index contributed by atoms with van der Waals surface area (Å²) in [6.07, 6.45) is 0. The number of alkyl halides is 1. The normalized spacial score (nSPS) is 9.00. The number of halogens is 3. The molecule has 0 heterocycles. The third-order valence-electron chi connectivity index (χ3n) is 1.08. The molecule has 0 saturated heterocycles. The molecule has 0 aliphatic carbocycles. The smallest absolute Gasteiger partial charge is 0.126 e. The summed E-state index contributed by atoms with van der Waals surface area (Å²) in [6.45, 7) is 0. The van der Waals surface area contributed by atoms with Crippen LogP contribution in [0.1, 0.15) is 5.56 Å². The number of rotatable bonds is 1. The summed E-state index contributed by atoms with van der Waals surface area (Å²) >= 11 is 5.34. The Labute approximate surface area is 81.3 Å². The van der Waals surface area contributed by atoms with Crippen molar-refractivity contribution in [2.45, 2.75) is 5.88 Å². The first-order valence-corrected chi connectivity index (χ1v) is 3.27. The van der Waals surface area contributed by atoms with E-state index in [1.54, 1.807) is 0 Å². The first-order chi connectivity index (χ1) is 4.72. The maximum Gasteiger partial charge on any atom is 0.126 e. The first-order valence-electron chi connectivity index (χ1n) is 2.73. The molecule has 0 atom stereocenters. The summed E-state index contributed by atoms with van der Waals surface area (Å²) in [5.41, 5.74) is 0.458. The zero-order valence-electron chi connectivity index (χ0n) is 5.78. The molecular weight excluding hydrogens is 223 g/mol. The molecule has 56 valence electrons. The fourth-order valence-electron chi connectivity index (χ4n) is 0.688. The van der Waals surface area contributed by atoms with Gasteiger partial charge in [-0.15, -0.1) is 11.6 Å². The van der Waals surface area contributed by atoms with Gasteiger partial charge in [0.05, 0.1) is 0 Å². The summed E-state index contributed by atoms with van der Waals surface area (Å²) < 4.78 is 24.6. The van der Waals surface area contributed by atoms with Gasteiger partial charge in [0, 0.05) is 31.4 Å². The van der Waals surface area contributed by atoms with Crippen LogP contribution in [0.3, 0.4) is 0 Å². The molecule has 0 bridgehead atoms. The van der Waals surface area contributed by atoms with Crippen LogP contribution in [0.2, 0.25) is 0 Å². The van der Waals surface area contributed by atoms with Crippen molar-refractivity contribution in [1.29, 1.82) is 0 Å². The Balaban J connectivity index is 0.000001000. The average molecular weight is 228 g/mol. The SMILES string of the molecule is Fc1cc(F)cc(CCl)c1.[Zn]. The minimum absolute atomic E-state index is 0. The van der Waals surface area contributed by atoms with Crippen molar-refractivity contribution >= 4 is 11.6 Å². The van der Waals surface area contributed by atoms with Crippen LogP contribution in [-0.4, -0.2) is 0 Å². The second kappa shape index (κ2) is 4.79. The molecule has 1 aromatic carbocycles. The predicted molar refractivity (Wildman–Crippen MR) is 35.9 cm³/mol. The van der Waals surface area contributed by atoms with E-state index in [-0.39, 0.29) is 25.4 Å². The van der Waals surface area contributed by atoms with Gasteiger partial charge < -0.3 is 0 Å². The Bertz CT molecular complexity index is 220. The van der Waals surface area contributed by atoms with Gasteiger partial charge in [-0.25, -0.2) is 8.78 Å². The molecule has 0 aliphatic heterocycles. The minimum atomic E-state index is -0.587. The summed E-state index contributed by atoms with van der Waals surface area (Å²) in [5, 5.41) is 0. The van der Waals surface area contributed by atoms with Crippen molar-refractivity contribution in [3.8, 4) is 0 Å². The molecule has 4 heteroatoms. The van der Waals surface area contributed by atoms with E-state index in [0.717, 1.165) is 6.07 Å². The molecule has 1 rings (SSSR count). The maximum atomic E-state index is 12.3. The second-order valence-electron chi connectivity index (χ2n) is 1.91. The Morgan fingerprint density at radius 2 is 1.55 bits per heavy atom. The van der Waals surface area contributed by atoms with Crippen molar-refractivity contribution in [2.75, 3.05) is 0 Å². The van der Waals surface area contributed by atoms with Gasteiger partial charge in [0.1, 0.15) is 11.6 Å². The minimum Gasteiger partial charge on any atom is -0.207 e. The molecule has 0 aromatic heterocycles. The van der Waals surface area contributed by atoms with Gasteiger partial charge in [0.2, 0.25) is 0 Å². The quantitative estimate of drug-likeness (QED) is 0.512. The molecule has 0 unspecified atom stereocenters. The average Bonchev–Trinajstić information content (AvgIpc) is 1.85. The van der Waals surface area contributed by atoms with E-state index in [0.29, 0.717) is 5.56 Å². The van der Waals surface area contributed by atoms with E-state index < -0.39 is 11.6 Å². The van der Waals surface area contributed by atoms with Gasteiger partial charge in [-0.05, 0) is 17.7 Å². The van der Waals surface area contributed by atoms with Crippen LogP contribution in [0.15, 0.2) is 18.2 Å². The number of benzene rings is 1. The van der Waals surface area contributed by atoms with Crippen molar-refractivity contribution in [1.82, 2.24) is 0 Å². The zero-order chi connectivity index (χ0) is 7.56. The molecule has 0 radical (unpaired) electrons. The molecule has 0 aliphatic rings. The van der Waals surface area contributed by atoms with Crippen LogP contribution in [0, 0.1) is 11.6 Å². The van der Waals surface area contributed by atoms with Crippen molar-refractivity contribution in [2.24, 2.45) is 0 Å². The van der Waals surface area contributed by atoms with Gasteiger partial charge in [-0.2, -0.15) is 0 Å². The third-order valence-corrected chi connectivity index (χ3v) is 1.39. The van der Waals surface area contributed by atoms with Crippen molar-refractivity contribution in [3.05, 3.63) is 35.4 Å². The molecule has 11 heavy (non-hydrogen) atoms. The number of hydrogen-bond donors (Lipinski definition) is 0. The van der Waals surface area contributed by atoms with Crippen LogP contribution in [0.5, 0.6) is 0 Å². The van der Waals surface area contributed by atoms with E-state index in [4.69, 9.17) is 11.6 Å². The van der Waals surface area contributed by atoms with Gasteiger partial charge in [-0.1, -0.05) is 0 Å². The molecule has 0 saturated carbocycles. The van der Waals surface area contributed by atoms with E-state index in [1.165, 1.54) is 12.1 Å². The molecule has 0 N–H and O–H groups in total. The van der Waals surface area contributed by atoms with Gasteiger partial charge in [-0.3, -0.25) is 0 Å². The fraction of sp³-hybridized carbons (Fsp3) is 0.143. The predicted octanol–water partition coefficient (Wildman–Crippen LogP) is 2.70. The van der Waals surface area contributed by atoms with Crippen LogP contribution in [0.25, 0.3) is 0 Å². The topological polar surface area (TPSA) is 0 Å². The van der Waals surface area contributed by atoms with Crippen molar-refractivity contribution in [3.63, 3.8) is 0 Å². The van der Waals surface area contributed by atoms with E-state index >= 15 is 0 Å². The van der Waals surface area contributed by atoms with E-state index in [1.807, 2.05) is 0 Å². The second-order valence-corrected chi connectivity index (χ2v) is 2.18. The fourth-order valence-corrected chi connectivity index (χ4v) is 0.842. The Morgan fingerprint density at radius 1 is 1.09 bits per heavy atom. The van der Waals surface area contributed by atoms with Gasteiger partial charge >= 0.3 is 0 Å². The molecule has 0 fully saturated rings. The van der Waals surface area contributed by atoms with Crippen LogP contribution < -0.4 is 0 Å². The number of hydrogen-bond acceptors (Lipinski definition) is 0. The molecule has 0 amide bonds. The maximum absolute atomic E-state index is 12.3. The zero-order valence-corrected chi connectivity index (χ0v) is 9.50. The summed E-state index contributed by atoms with van der Waals surface area (Å²) in [6, 6.07) is 3.22. The summed E-state index contributed by atoms with van der Waals surface area (Å²) in [4.78, 5) is 0. The van der Waals surface area contributed by atoms with E-state index in [9.17, 15) is 8.78 Å². The first kappa shape index (κ1) is 11.0. The Kier molecular flexibility index (Phi) is 4.78. The monoisotopic (exact) mass is 226 g/mol. The van der Waals surface area contributed by atoms with Crippen molar-refractivity contribution < 1.29 is 28.3 Å². The Hall–Kier alpha value is -0.00662. The molecule has 0 nitrogen and oxygen atoms in total. The third kappa shape index (κ3) is 3.26. The van der Waals surface area contributed by atoms with Crippen LogP contribution >= 0.6 is 11.6 Å². The molecule has 1 aromatic rings. The van der Waals surface area contributed by atoms with E-state index in [2.05, 4.69) is 0 Å². The summed E-state index contributed by atoms with van der Waals surface area (Å²) in [5.74, 6) is -1.04. The van der Waals surface area contributed by atoms with Crippen LogP contribution in [0.4, 0.5) is 8.78 Å². The molecule has 0 spiro atoms. The largest absolute Gasteiger partial charge is 0.207 e. The molecular formula is C7H5ClF2Zn. The van der Waals surface area contributed by atoms with Crippen LogP contribution in [-0.2, 0) is 25.4 Å². The van der Waals surface area contributed by atoms with Gasteiger partial charge in [0.15, 0.2) is 0 Å². The Morgan fingerprint density at radius 3 is 1.91 bits per heavy atom. The summed E-state index contributed by atoms with van der Waals surface area (Å²) in [7, 11) is 0. The standard InChI is InChI=1S/C7H5ClF2.Zn/c8-4-5-1-6(9)3-7(10)2-5;/h1-3H,4H2;. The van der Waals surface area contributed by atoms with Gasteiger partial charge in [0.25, 0.3) is 0 Å².